The Morgan fingerprint density at radius 3 is 2.53 bits per heavy atom. The Morgan fingerprint density at radius 2 is 2.00 bits per heavy atom. The summed E-state index contributed by atoms with van der Waals surface area (Å²) in [6.07, 6.45) is 3.08. The Bertz CT molecular complexity index is 375. The third-order valence-electron chi connectivity index (χ3n) is 3.23. The second-order valence-electron chi connectivity index (χ2n) is 5.16. The van der Waals surface area contributed by atoms with Crippen LogP contribution in [0.5, 0.6) is 0 Å². The van der Waals surface area contributed by atoms with E-state index in [1.165, 1.54) is 11.3 Å². The van der Waals surface area contributed by atoms with Gasteiger partial charge in [-0.25, -0.2) is 0 Å². The Balaban J connectivity index is 2.81. The van der Waals surface area contributed by atoms with Crippen LogP contribution in [-0.2, 0) is 4.79 Å². The summed E-state index contributed by atoms with van der Waals surface area (Å²) in [5.41, 5.74) is 2.21. The molecule has 0 saturated carbocycles. The van der Waals surface area contributed by atoms with E-state index >= 15 is 0 Å². The minimum atomic E-state index is -0.244. The molecule has 2 heteroatoms. The summed E-state index contributed by atoms with van der Waals surface area (Å²) in [7, 11) is 2.06. The molecule has 94 valence electrons. The van der Waals surface area contributed by atoms with Crippen LogP contribution in [0.1, 0.15) is 32.3 Å². The summed E-state index contributed by atoms with van der Waals surface area (Å²) in [4.78, 5) is 13.4. The fraction of sp³-hybridized carbons (Fsp3) is 0.533. The molecular formula is C15H23NO. The highest BCUT2D eigenvalue weighted by Crippen LogP contribution is 2.26. The molecule has 0 heterocycles. The lowest BCUT2D eigenvalue weighted by atomic mass is 9.86. The summed E-state index contributed by atoms with van der Waals surface area (Å²) in [5, 5.41) is 0. The van der Waals surface area contributed by atoms with Gasteiger partial charge in [0.05, 0.1) is 0 Å². The predicted molar refractivity (Wildman–Crippen MR) is 73.5 cm³/mol. The van der Waals surface area contributed by atoms with E-state index in [1.54, 1.807) is 0 Å². The molecule has 0 spiro atoms. The first-order valence-corrected chi connectivity index (χ1v) is 6.25. The predicted octanol–water partition coefficient (Wildman–Crippen LogP) is 3.44. The molecule has 0 fully saturated rings. The topological polar surface area (TPSA) is 20.3 Å². The zero-order valence-electron chi connectivity index (χ0n) is 11.4. The highest BCUT2D eigenvalue weighted by molar-refractivity contribution is 5.61. The third kappa shape index (κ3) is 3.58. The van der Waals surface area contributed by atoms with Crippen molar-refractivity contribution in [1.82, 2.24) is 0 Å². The van der Waals surface area contributed by atoms with Crippen molar-refractivity contribution < 1.29 is 4.79 Å². The molecule has 0 saturated heterocycles. The summed E-state index contributed by atoms with van der Waals surface area (Å²) < 4.78 is 0. The minimum absolute atomic E-state index is 0.244. The summed E-state index contributed by atoms with van der Waals surface area (Å²) in [5.74, 6) is 0. The van der Waals surface area contributed by atoms with Crippen LogP contribution in [0.2, 0.25) is 0 Å². The van der Waals surface area contributed by atoms with Gasteiger partial charge in [-0.3, -0.25) is 0 Å². The average molecular weight is 233 g/mol. The van der Waals surface area contributed by atoms with Gasteiger partial charge in [-0.05, 0) is 25.0 Å². The minimum Gasteiger partial charge on any atom is -0.373 e. The van der Waals surface area contributed by atoms with Gasteiger partial charge in [0.15, 0.2) is 0 Å². The first-order valence-electron chi connectivity index (χ1n) is 6.25. The van der Waals surface area contributed by atoms with Gasteiger partial charge in [-0.1, -0.05) is 38.5 Å². The maximum Gasteiger partial charge on any atom is 0.127 e. The van der Waals surface area contributed by atoms with Crippen LogP contribution < -0.4 is 4.90 Å². The maximum atomic E-state index is 11.2. The Labute approximate surface area is 105 Å². The molecule has 0 radical (unpaired) electrons. The SMILES string of the molecule is CCCC(C)(C=O)CN(C)c1ccccc1C. The van der Waals surface area contributed by atoms with Crippen LogP contribution in [0.25, 0.3) is 0 Å². The molecule has 0 bridgehead atoms. The highest BCUT2D eigenvalue weighted by atomic mass is 16.1. The molecule has 1 atom stereocenters. The van der Waals surface area contributed by atoms with Gasteiger partial charge in [0.2, 0.25) is 0 Å². The second-order valence-corrected chi connectivity index (χ2v) is 5.16. The lowest BCUT2D eigenvalue weighted by Crippen LogP contribution is -2.35. The van der Waals surface area contributed by atoms with E-state index in [0.29, 0.717) is 0 Å². The van der Waals surface area contributed by atoms with Crippen molar-refractivity contribution in [2.75, 3.05) is 18.5 Å². The van der Waals surface area contributed by atoms with E-state index in [2.05, 4.69) is 37.9 Å². The van der Waals surface area contributed by atoms with Crippen LogP contribution in [0.4, 0.5) is 5.69 Å². The molecule has 1 aromatic carbocycles. The third-order valence-corrected chi connectivity index (χ3v) is 3.23. The van der Waals surface area contributed by atoms with E-state index in [1.807, 2.05) is 19.1 Å². The normalized spacial score (nSPS) is 14.1. The fourth-order valence-corrected chi connectivity index (χ4v) is 2.37. The van der Waals surface area contributed by atoms with Crippen molar-refractivity contribution in [3.8, 4) is 0 Å². The van der Waals surface area contributed by atoms with Crippen LogP contribution in [0, 0.1) is 12.3 Å². The number of para-hydroxylation sites is 1. The monoisotopic (exact) mass is 233 g/mol. The lowest BCUT2D eigenvalue weighted by Gasteiger charge is -2.31. The standard InChI is InChI=1S/C15H23NO/c1-5-10-15(3,12-17)11-16(4)14-9-7-6-8-13(14)2/h6-9,12H,5,10-11H2,1-4H3. The van der Waals surface area contributed by atoms with Gasteiger partial charge in [0.1, 0.15) is 6.29 Å². The number of hydrogen-bond donors (Lipinski definition) is 0. The van der Waals surface area contributed by atoms with Gasteiger partial charge in [0, 0.05) is 24.7 Å². The van der Waals surface area contributed by atoms with E-state index in [4.69, 9.17) is 0 Å². The van der Waals surface area contributed by atoms with E-state index < -0.39 is 0 Å². The number of aldehydes is 1. The van der Waals surface area contributed by atoms with Crippen molar-refractivity contribution in [1.29, 1.82) is 0 Å². The van der Waals surface area contributed by atoms with Crippen molar-refractivity contribution in [2.24, 2.45) is 5.41 Å². The average Bonchev–Trinajstić information content (AvgIpc) is 2.29. The zero-order valence-corrected chi connectivity index (χ0v) is 11.4. The van der Waals surface area contributed by atoms with E-state index in [0.717, 1.165) is 25.7 Å². The van der Waals surface area contributed by atoms with E-state index in [9.17, 15) is 4.79 Å². The van der Waals surface area contributed by atoms with Gasteiger partial charge >= 0.3 is 0 Å². The summed E-state index contributed by atoms with van der Waals surface area (Å²) in [6, 6.07) is 8.28. The van der Waals surface area contributed by atoms with Crippen LogP contribution >= 0.6 is 0 Å². The van der Waals surface area contributed by atoms with Gasteiger partial charge in [0.25, 0.3) is 0 Å². The number of carbonyl (C=O) groups is 1. The molecule has 0 amide bonds. The summed E-state index contributed by atoms with van der Waals surface area (Å²) >= 11 is 0. The van der Waals surface area contributed by atoms with Gasteiger partial charge in [-0.2, -0.15) is 0 Å². The molecule has 1 rings (SSSR count). The molecule has 0 aliphatic rings. The van der Waals surface area contributed by atoms with E-state index in [-0.39, 0.29) is 5.41 Å². The van der Waals surface area contributed by atoms with Crippen molar-refractivity contribution in [3.05, 3.63) is 29.8 Å². The van der Waals surface area contributed by atoms with Crippen LogP contribution in [0.3, 0.4) is 0 Å². The van der Waals surface area contributed by atoms with Gasteiger partial charge in [-0.15, -0.1) is 0 Å². The number of nitrogens with zero attached hydrogens (tertiary/aromatic N) is 1. The quantitative estimate of drug-likeness (QED) is 0.702. The first-order chi connectivity index (χ1) is 8.02. The van der Waals surface area contributed by atoms with Crippen molar-refractivity contribution in [2.45, 2.75) is 33.6 Å². The number of carbonyl (C=O) groups excluding carboxylic acids is 1. The molecule has 0 aliphatic carbocycles. The number of anilines is 1. The van der Waals surface area contributed by atoms with Crippen molar-refractivity contribution >= 4 is 12.0 Å². The molecule has 0 N–H and O–H groups in total. The molecule has 2 nitrogen and oxygen atoms in total. The molecule has 1 aromatic rings. The molecule has 17 heavy (non-hydrogen) atoms. The second kappa shape index (κ2) is 5.85. The Kier molecular flexibility index (Phi) is 4.73. The number of aryl methyl sites for hydroxylation is 1. The first kappa shape index (κ1) is 13.8. The van der Waals surface area contributed by atoms with Crippen LogP contribution in [0.15, 0.2) is 24.3 Å². The Hall–Kier alpha value is -1.31. The van der Waals surface area contributed by atoms with Crippen molar-refractivity contribution in [3.63, 3.8) is 0 Å². The van der Waals surface area contributed by atoms with Crippen LogP contribution in [-0.4, -0.2) is 19.9 Å². The fourth-order valence-electron chi connectivity index (χ4n) is 2.37. The molecule has 0 aromatic heterocycles. The molecular weight excluding hydrogens is 210 g/mol. The van der Waals surface area contributed by atoms with Gasteiger partial charge < -0.3 is 9.69 Å². The summed E-state index contributed by atoms with van der Waals surface area (Å²) in [6.45, 7) is 7.03. The maximum absolute atomic E-state index is 11.2. The zero-order chi connectivity index (χ0) is 12.9. The molecule has 1 unspecified atom stereocenters. The molecule has 0 aliphatic heterocycles. The Morgan fingerprint density at radius 1 is 1.35 bits per heavy atom. The lowest BCUT2D eigenvalue weighted by molar-refractivity contribution is -0.115. The highest BCUT2D eigenvalue weighted by Gasteiger charge is 2.24. The number of rotatable bonds is 6. The number of benzene rings is 1. The smallest absolute Gasteiger partial charge is 0.127 e. The number of hydrogen-bond acceptors (Lipinski definition) is 2. The largest absolute Gasteiger partial charge is 0.373 e.